The molecule has 0 saturated carbocycles. The summed E-state index contributed by atoms with van der Waals surface area (Å²) in [5, 5.41) is -0.103. The van der Waals surface area contributed by atoms with Gasteiger partial charge in [0.05, 0.1) is 33.1 Å². The summed E-state index contributed by atoms with van der Waals surface area (Å²) in [4.78, 5) is 39.8. The second-order valence-corrected chi connectivity index (χ2v) is 10.8. The second-order valence-electron chi connectivity index (χ2n) is 8.58. The number of imide groups is 1. The van der Waals surface area contributed by atoms with Crippen molar-refractivity contribution >= 4 is 62.5 Å². The molecule has 3 aromatic carbocycles. The third kappa shape index (κ3) is 6.84. The summed E-state index contributed by atoms with van der Waals surface area (Å²) in [6.07, 6.45) is 1.60. The van der Waals surface area contributed by atoms with Crippen molar-refractivity contribution in [2.45, 2.75) is 20.8 Å². The van der Waals surface area contributed by atoms with E-state index in [1.807, 2.05) is 32.0 Å². The third-order valence-electron chi connectivity index (χ3n) is 5.71. The van der Waals surface area contributed by atoms with Crippen molar-refractivity contribution in [3.05, 3.63) is 91.3 Å². The maximum Gasteiger partial charge on any atom is 0.345 e. The van der Waals surface area contributed by atoms with E-state index in [4.69, 9.17) is 25.8 Å². The standard InChI is InChI=1S/C29H25BrClNO6S/c1-4-36-24-15-19(14-21(30)26(24)38-28(34)20-7-5-6-8-22(20)31)16-25-27(33)32(29(35)39-25)11-12-37-23-13-17(2)9-10-18(23)3/h5-10,13-16H,4,11-12H2,1-3H3/b25-16-. The Morgan fingerprint density at radius 1 is 1.05 bits per heavy atom. The van der Waals surface area contributed by atoms with Gasteiger partial charge >= 0.3 is 5.97 Å². The van der Waals surface area contributed by atoms with Crippen molar-refractivity contribution in [1.29, 1.82) is 0 Å². The summed E-state index contributed by atoms with van der Waals surface area (Å²) < 4.78 is 17.6. The van der Waals surface area contributed by atoms with Crippen LogP contribution >= 0.6 is 39.3 Å². The molecule has 1 aliphatic heterocycles. The highest BCUT2D eigenvalue weighted by molar-refractivity contribution is 9.10. The Labute approximate surface area is 244 Å². The topological polar surface area (TPSA) is 82.1 Å². The summed E-state index contributed by atoms with van der Waals surface area (Å²) in [7, 11) is 0. The molecule has 202 valence electrons. The van der Waals surface area contributed by atoms with Crippen LogP contribution in [0.5, 0.6) is 17.2 Å². The molecule has 1 fully saturated rings. The average Bonchev–Trinajstić information content (AvgIpc) is 3.15. The highest BCUT2D eigenvalue weighted by Gasteiger charge is 2.35. The fourth-order valence-corrected chi connectivity index (χ4v) is 5.38. The zero-order valence-corrected chi connectivity index (χ0v) is 24.6. The number of carbonyl (C=O) groups is 3. The van der Waals surface area contributed by atoms with Crippen molar-refractivity contribution in [1.82, 2.24) is 4.90 Å². The third-order valence-corrected chi connectivity index (χ3v) is 7.53. The second kappa shape index (κ2) is 12.7. The smallest absolute Gasteiger partial charge is 0.345 e. The Bertz CT molecular complexity index is 1470. The number of carbonyl (C=O) groups excluding carboxylic acids is 3. The Kier molecular flexibility index (Phi) is 9.37. The van der Waals surface area contributed by atoms with Crippen LogP contribution in [0.1, 0.15) is 34.0 Å². The molecule has 10 heteroatoms. The van der Waals surface area contributed by atoms with E-state index in [1.54, 1.807) is 49.4 Å². The summed E-state index contributed by atoms with van der Waals surface area (Å²) in [6, 6.07) is 15.8. The van der Waals surface area contributed by atoms with Gasteiger partial charge in [-0.15, -0.1) is 0 Å². The number of esters is 1. The lowest BCUT2D eigenvalue weighted by atomic mass is 10.1. The molecule has 0 unspecified atom stereocenters. The number of thioether (sulfide) groups is 1. The number of halogens is 2. The van der Waals surface area contributed by atoms with Crippen LogP contribution in [0.25, 0.3) is 6.08 Å². The molecule has 0 radical (unpaired) electrons. The molecular formula is C29H25BrClNO6S. The van der Waals surface area contributed by atoms with Crippen molar-refractivity contribution in [2.24, 2.45) is 0 Å². The molecule has 0 aromatic heterocycles. The van der Waals surface area contributed by atoms with Crippen LogP contribution < -0.4 is 14.2 Å². The summed E-state index contributed by atoms with van der Waals surface area (Å²) >= 11 is 10.4. The number of ether oxygens (including phenoxy) is 3. The first-order valence-corrected chi connectivity index (χ1v) is 14.0. The minimum Gasteiger partial charge on any atom is -0.491 e. The van der Waals surface area contributed by atoms with Gasteiger partial charge in [0, 0.05) is 0 Å². The first-order valence-electron chi connectivity index (χ1n) is 12.1. The van der Waals surface area contributed by atoms with E-state index in [0.717, 1.165) is 28.6 Å². The highest BCUT2D eigenvalue weighted by atomic mass is 79.9. The molecule has 0 N–H and O–H groups in total. The van der Waals surface area contributed by atoms with Gasteiger partial charge in [0.25, 0.3) is 11.1 Å². The molecule has 4 rings (SSSR count). The average molecular weight is 631 g/mol. The zero-order valence-electron chi connectivity index (χ0n) is 21.5. The number of rotatable bonds is 9. The monoisotopic (exact) mass is 629 g/mol. The molecule has 0 spiro atoms. The lowest BCUT2D eigenvalue weighted by Gasteiger charge is -2.15. The lowest BCUT2D eigenvalue weighted by molar-refractivity contribution is -0.123. The maximum absolute atomic E-state index is 13.0. The van der Waals surface area contributed by atoms with E-state index < -0.39 is 11.9 Å². The van der Waals surface area contributed by atoms with Crippen LogP contribution in [0.4, 0.5) is 4.79 Å². The van der Waals surface area contributed by atoms with Crippen LogP contribution in [0.3, 0.4) is 0 Å². The van der Waals surface area contributed by atoms with Gasteiger partial charge in [-0.2, -0.15) is 0 Å². The van der Waals surface area contributed by atoms with Crippen LogP contribution in [0, 0.1) is 13.8 Å². The number of amides is 2. The molecule has 3 aromatic rings. The zero-order chi connectivity index (χ0) is 28.1. The van der Waals surface area contributed by atoms with E-state index in [2.05, 4.69) is 15.9 Å². The van der Waals surface area contributed by atoms with Crippen LogP contribution in [0.2, 0.25) is 5.02 Å². The molecule has 0 bridgehead atoms. The largest absolute Gasteiger partial charge is 0.491 e. The molecule has 1 heterocycles. The van der Waals surface area contributed by atoms with E-state index >= 15 is 0 Å². The molecule has 39 heavy (non-hydrogen) atoms. The maximum atomic E-state index is 13.0. The Balaban J connectivity index is 1.50. The van der Waals surface area contributed by atoms with Crippen molar-refractivity contribution < 1.29 is 28.6 Å². The number of benzene rings is 3. The van der Waals surface area contributed by atoms with Gasteiger partial charge in [-0.3, -0.25) is 14.5 Å². The summed E-state index contributed by atoms with van der Waals surface area (Å²) in [5.74, 6) is 0.147. The van der Waals surface area contributed by atoms with Gasteiger partial charge in [-0.25, -0.2) is 4.79 Å². The number of hydrogen-bond acceptors (Lipinski definition) is 7. The number of nitrogens with zero attached hydrogens (tertiary/aromatic N) is 1. The van der Waals surface area contributed by atoms with E-state index in [9.17, 15) is 14.4 Å². The van der Waals surface area contributed by atoms with E-state index in [-0.39, 0.29) is 39.6 Å². The molecule has 0 atom stereocenters. The molecule has 1 aliphatic rings. The quantitative estimate of drug-likeness (QED) is 0.138. The van der Waals surface area contributed by atoms with Crippen LogP contribution in [0.15, 0.2) is 64.0 Å². The number of aryl methyl sites for hydroxylation is 2. The van der Waals surface area contributed by atoms with Gasteiger partial charge in [-0.05, 0) is 102 Å². The van der Waals surface area contributed by atoms with Gasteiger partial charge in [0.2, 0.25) is 0 Å². The number of hydrogen-bond donors (Lipinski definition) is 0. The molecule has 0 aliphatic carbocycles. The Hall–Kier alpha value is -3.27. The van der Waals surface area contributed by atoms with Gasteiger partial charge in [0.1, 0.15) is 12.4 Å². The van der Waals surface area contributed by atoms with Crippen molar-refractivity contribution in [3.63, 3.8) is 0 Å². The van der Waals surface area contributed by atoms with Crippen LogP contribution in [-0.2, 0) is 4.79 Å². The molecule has 2 amide bonds. The van der Waals surface area contributed by atoms with Crippen molar-refractivity contribution in [2.75, 3.05) is 19.8 Å². The summed E-state index contributed by atoms with van der Waals surface area (Å²) in [6.45, 7) is 6.32. The minimum atomic E-state index is -0.640. The van der Waals surface area contributed by atoms with Gasteiger partial charge in [-0.1, -0.05) is 35.9 Å². The Morgan fingerprint density at radius 3 is 2.56 bits per heavy atom. The highest BCUT2D eigenvalue weighted by Crippen LogP contribution is 2.40. The predicted molar refractivity (Wildman–Crippen MR) is 156 cm³/mol. The van der Waals surface area contributed by atoms with E-state index in [1.165, 1.54) is 4.90 Å². The predicted octanol–water partition coefficient (Wildman–Crippen LogP) is 7.45. The van der Waals surface area contributed by atoms with E-state index in [0.29, 0.717) is 22.4 Å². The Morgan fingerprint density at radius 2 is 1.82 bits per heavy atom. The first-order chi connectivity index (χ1) is 18.7. The minimum absolute atomic E-state index is 0.125. The summed E-state index contributed by atoms with van der Waals surface area (Å²) in [5.41, 5.74) is 2.84. The van der Waals surface area contributed by atoms with Crippen molar-refractivity contribution in [3.8, 4) is 17.2 Å². The molecular weight excluding hydrogens is 606 g/mol. The first kappa shape index (κ1) is 28.7. The SMILES string of the molecule is CCOc1cc(/C=C2\SC(=O)N(CCOc3cc(C)ccc3C)C2=O)cc(Br)c1OC(=O)c1ccccc1Cl. The fourth-order valence-electron chi connectivity index (χ4n) is 3.76. The normalized spacial score (nSPS) is 14.2. The van der Waals surface area contributed by atoms with Crippen LogP contribution in [-0.4, -0.2) is 41.8 Å². The fraction of sp³-hybridized carbons (Fsp3) is 0.207. The molecule has 7 nitrogen and oxygen atoms in total. The van der Waals surface area contributed by atoms with Gasteiger partial charge < -0.3 is 14.2 Å². The molecule has 1 saturated heterocycles. The lowest BCUT2D eigenvalue weighted by Crippen LogP contribution is -2.32. The van der Waals surface area contributed by atoms with Gasteiger partial charge in [0.15, 0.2) is 11.5 Å².